The summed E-state index contributed by atoms with van der Waals surface area (Å²) in [6.45, 7) is 3.42. The van der Waals surface area contributed by atoms with E-state index in [1.165, 1.54) is 0 Å². The largest absolute Gasteiger partial charge is 0.379 e. The van der Waals surface area contributed by atoms with E-state index in [4.69, 9.17) is 4.74 Å². The molecule has 0 unspecified atom stereocenters. The summed E-state index contributed by atoms with van der Waals surface area (Å²) in [5.41, 5.74) is 0. The van der Waals surface area contributed by atoms with Crippen LogP contribution in [0.1, 0.15) is 0 Å². The molecule has 1 aliphatic rings. The molecule has 5 nitrogen and oxygen atoms in total. The maximum atomic E-state index is 13.4. The average molecular weight is 306 g/mol. The van der Waals surface area contributed by atoms with Gasteiger partial charge in [0.05, 0.1) is 13.2 Å². The number of ether oxygens (including phenoxy) is 1. The molecular formula is C12H16F2N2O3S. The molecule has 112 valence electrons. The Labute approximate surface area is 116 Å². The van der Waals surface area contributed by atoms with Gasteiger partial charge in [-0.25, -0.2) is 21.9 Å². The van der Waals surface area contributed by atoms with Crippen molar-refractivity contribution in [1.29, 1.82) is 0 Å². The van der Waals surface area contributed by atoms with E-state index in [9.17, 15) is 17.2 Å². The summed E-state index contributed by atoms with van der Waals surface area (Å²) in [5.74, 6) is -1.90. The summed E-state index contributed by atoms with van der Waals surface area (Å²) >= 11 is 0. The molecule has 1 aromatic rings. The van der Waals surface area contributed by atoms with Crippen molar-refractivity contribution in [3.63, 3.8) is 0 Å². The molecule has 2 rings (SSSR count). The third-order valence-corrected chi connectivity index (χ3v) is 4.50. The number of nitrogens with zero attached hydrogens (tertiary/aromatic N) is 1. The van der Waals surface area contributed by atoms with Gasteiger partial charge >= 0.3 is 0 Å². The fraction of sp³-hybridized carbons (Fsp3) is 0.500. The molecule has 1 N–H and O–H groups in total. The molecule has 0 radical (unpaired) electrons. The zero-order valence-electron chi connectivity index (χ0n) is 10.8. The normalized spacial score (nSPS) is 17.3. The predicted octanol–water partition coefficient (Wildman–Crippen LogP) is 0.575. The summed E-state index contributed by atoms with van der Waals surface area (Å²) in [4.78, 5) is 1.51. The van der Waals surface area contributed by atoms with Crippen LogP contribution in [0.5, 0.6) is 0 Å². The monoisotopic (exact) mass is 306 g/mol. The molecule has 20 heavy (non-hydrogen) atoms. The first-order valence-electron chi connectivity index (χ1n) is 6.24. The second-order valence-electron chi connectivity index (χ2n) is 4.43. The van der Waals surface area contributed by atoms with Gasteiger partial charge in [0.1, 0.15) is 16.5 Å². The smallest absolute Gasteiger partial charge is 0.243 e. The van der Waals surface area contributed by atoms with Crippen LogP contribution in [0.2, 0.25) is 0 Å². The SMILES string of the molecule is O=S(=O)(NCCN1CCOCC1)c1ccc(F)cc1F. The van der Waals surface area contributed by atoms with Crippen LogP contribution >= 0.6 is 0 Å². The van der Waals surface area contributed by atoms with Crippen LogP contribution in [0.3, 0.4) is 0 Å². The highest BCUT2D eigenvalue weighted by molar-refractivity contribution is 7.89. The zero-order valence-corrected chi connectivity index (χ0v) is 11.6. The van der Waals surface area contributed by atoms with Gasteiger partial charge in [-0.15, -0.1) is 0 Å². The van der Waals surface area contributed by atoms with Crippen LogP contribution in [-0.4, -0.2) is 52.7 Å². The second kappa shape index (κ2) is 6.57. The third kappa shape index (κ3) is 3.95. The second-order valence-corrected chi connectivity index (χ2v) is 6.16. The van der Waals surface area contributed by atoms with Crippen LogP contribution in [0, 0.1) is 11.6 Å². The van der Waals surface area contributed by atoms with Gasteiger partial charge in [0, 0.05) is 32.2 Å². The Morgan fingerprint density at radius 3 is 2.60 bits per heavy atom. The van der Waals surface area contributed by atoms with E-state index in [0.717, 1.165) is 25.2 Å². The minimum Gasteiger partial charge on any atom is -0.379 e. The molecule has 0 spiro atoms. The molecule has 0 aromatic heterocycles. The highest BCUT2D eigenvalue weighted by Gasteiger charge is 2.19. The van der Waals surface area contributed by atoms with Gasteiger partial charge in [0.15, 0.2) is 0 Å². The summed E-state index contributed by atoms with van der Waals surface area (Å²) in [6, 6.07) is 2.39. The van der Waals surface area contributed by atoms with Gasteiger partial charge in [0.25, 0.3) is 0 Å². The third-order valence-electron chi connectivity index (χ3n) is 3.01. The highest BCUT2D eigenvalue weighted by atomic mass is 32.2. The Morgan fingerprint density at radius 1 is 1.25 bits per heavy atom. The topological polar surface area (TPSA) is 58.6 Å². The first-order valence-corrected chi connectivity index (χ1v) is 7.72. The predicted molar refractivity (Wildman–Crippen MR) is 68.8 cm³/mol. The van der Waals surface area contributed by atoms with Crippen molar-refractivity contribution in [1.82, 2.24) is 9.62 Å². The van der Waals surface area contributed by atoms with E-state index in [1.807, 2.05) is 4.90 Å². The maximum absolute atomic E-state index is 13.4. The summed E-state index contributed by atoms with van der Waals surface area (Å²) in [5, 5.41) is 0. The minimum atomic E-state index is -3.96. The van der Waals surface area contributed by atoms with Gasteiger partial charge in [0.2, 0.25) is 10.0 Å². The molecule has 1 aliphatic heterocycles. The lowest BCUT2D eigenvalue weighted by Crippen LogP contribution is -2.41. The standard InChI is InChI=1S/C12H16F2N2O3S/c13-10-1-2-12(11(14)9-10)20(17,18)15-3-4-16-5-7-19-8-6-16/h1-2,9,15H,3-8H2. The number of rotatable bonds is 5. The van der Waals surface area contributed by atoms with Crippen molar-refractivity contribution in [2.24, 2.45) is 0 Å². The van der Waals surface area contributed by atoms with E-state index in [0.29, 0.717) is 25.8 Å². The molecule has 0 bridgehead atoms. The van der Waals surface area contributed by atoms with Crippen molar-refractivity contribution >= 4 is 10.0 Å². The van der Waals surface area contributed by atoms with Gasteiger partial charge in [-0.3, -0.25) is 4.90 Å². The van der Waals surface area contributed by atoms with Gasteiger partial charge in [-0.1, -0.05) is 0 Å². The molecule has 0 amide bonds. The van der Waals surface area contributed by atoms with Crippen LogP contribution in [0.25, 0.3) is 0 Å². The van der Waals surface area contributed by atoms with Gasteiger partial charge in [-0.2, -0.15) is 0 Å². The summed E-state index contributed by atoms with van der Waals surface area (Å²) < 4.78 is 57.5. The lowest BCUT2D eigenvalue weighted by atomic mass is 10.3. The Balaban J connectivity index is 1.93. The van der Waals surface area contributed by atoms with E-state index >= 15 is 0 Å². The Morgan fingerprint density at radius 2 is 1.95 bits per heavy atom. The molecule has 0 aliphatic carbocycles. The van der Waals surface area contributed by atoms with Gasteiger partial charge in [-0.05, 0) is 12.1 Å². The summed E-state index contributed by atoms with van der Waals surface area (Å²) in [7, 11) is -3.96. The van der Waals surface area contributed by atoms with E-state index < -0.39 is 26.6 Å². The number of benzene rings is 1. The van der Waals surface area contributed by atoms with Crippen LogP contribution in [0.15, 0.2) is 23.1 Å². The molecule has 0 atom stereocenters. The van der Waals surface area contributed by atoms with E-state index in [2.05, 4.69) is 4.72 Å². The van der Waals surface area contributed by atoms with Crippen LogP contribution < -0.4 is 4.72 Å². The Kier molecular flexibility index (Phi) is 5.03. The molecule has 1 heterocycles. The maximum Gasteiger partial charge on any atom is 0.243 e. The molecule has 8 heteroatoms. The van der Waals surface area contributed by atoms with Crippen LogP contribution in [-0.2, 0) is 14.8 Å². The molecular weight excluding hydrogens is 290 g/mol. The van der Waals surface area contributed by atoms with Crippen molar-refractivity contribution in [2.45, 2.75) is 4.90 Å². The molecule has 1 fully saturated rings. The molecule has 1 saturated heterocycles. The van der Waals surface area contributed by atoms with Crippen molar-refractivity contribution < 1.29 is 21.9 Å². The highest BCUT2D eigenvalue weighted by Crippen LogP contribution is 2.15. The molecule has 1 aromatic carbocycles. The lowest BCUT2D eigenvalue weighted by Gasteiger charge is -2.26. The minimum absolute atomic E-state index is 0.166. The fourth-order valence-electron chi connectivity index (χ4n) is 1.93. The fourth-order valence-corrected chi connectivity index (χ4v) is 3.01. The van der Waals surface area contributed by atoms with Crippen LogP contribution in [0.4, 0.5) is 8.78 Å². The van der Waals surface area contributed by atoms with Gasteiger partial charge < -0.3 is 4.74 Å². The number of nitrogens with one attached hydrogen (secondary N) is 1. The lowest BCUT2D eigenvalue weighted by molar-refractivity contribution is 0.0390. The van der Waals surface area contributed by atoms with E-state index in [-0.39, 0.29) is 6.54 Å². The Bertz CT molecular complexity index is 560. The van der Waals surface area contributed by atoms with Crippen molar-refractivity contribution in [3.05, 3.63) is 29.8 Å². The first-order chi connectivity index (χ1) is 9.49. The zero-order chi connectivity index (χ0) is 14.6. The number of hydrogen-bond acceptors (Lipinski definition) is 4. The molecule has 0 saturated carbocycles. The van der Waals surface area contributed by atoms with E-state index in [1.54, 1.807) is 0 Å². The number of halogens is 2. The average Bonchev–Trinajstić information content (AvgIpc) is 2.39. The van der Waals surface area contributed by atoms with Crippen molar-refractivity contribution in [2.75, 3.05) is 39.4 Å². The number of sulfonamides is 1. The Hall–Kier alpha value is -1.09. The number of morpholine rings is 1. The quantitative estimate of drug-likeness (QED) is 0.864. The first kappa shape index (κ1) is 15.3. The number of hydrogen-bond donors (Lipinski definition) is 1. The van der Waals surface area contributed by atoms with Crippen molar-refractivity contribution in [3.8, 4) is 0 Å². The summed E-state index contributed by atoms with van der Waals surface area (Å²) in [6.07, 6.45) is 0.